The predicted octanol–water partition coefficient (Wildman–Crippen LogP) is 2.53. The first-order valence-corrected chi connectivity index (χ1v) is 4.50. The van der Waals surface area contributed by atoms with E-state index in [4.69, 9.17) is 0 Å². The van der Waals surface area contributed by atoms with Crippen molar-refractivity contribution in [3.8, 4) is 0 Å². The summed E-state index contributed by atoms with van der Waals surface area (Å²) >= 11 is 2.22. The maximum absolute atomic E-state index is 12.7. The molecule has 1 rings (SSSR count). The van der Waals surface area contributed by atoms with Gasteiger partial charge in [-0.1, -0.05) is 6.92 Å². The van der Waals surface area contributed by atoms with Crippen molar-refractivity contribution < 1.29 is 13.9 Å². The largest absolute Gasteiger partial charge is 0.382 e. The lowest BCUT2D eigenvalue weighted by Gasteiger charge is -2.31. The summed E-state index contributed by atoms with van der Waals surface area (Å²) in [6.07, 6.45) is 1.52. The molecule has 4 heteroatoms. The van der Waals surface area contributed by atoms with E-state index >= 15 is 0 Å². The zero-order valence-electron chi connectivity index (χ0n) is 6.28. The van der Waals surface area contributed by atoms with Crippen LogP contribution in [-0.2, 0) is 0 Å². The normalized spacial score (nSPS) is 24.8. The van der Waals surface area contributed by atoms with Crippen LogP contribution in [0.4, 0.5) is 8.78 Å². The molecule has 1 unspecified atom stereocenters. The topological polar surface area (TPSA) is 20.2 Å². The molecule has 0 amide bonds. The molecule has 0 spiro atoms. The Morgan fingerprint density at radius 1 is 1.55 bits per heavy atom. The molecule has 0 aliphatic heterocycles. The third-order valence-corrected chi connectivity index (χ3v) is 2.97. The number of alkyl halides is 3. The highest BCUT2D eigenvalue weighted by atomic mass is 79.9. The van der Waals surface area contributed by atoms with E-state index < -0.39 is 10.4 Å². The minimum Gasteiger partial charge on any atom is -0.382 e. The fourth-order valence-corrected chi connectivity index (χ4v) is 1.89. The van der Waals surface area contributed by atoms with Crippen molar-refractivity contribution in [1.82, 2.24) is 0 Å². The molecule has 1 saturated carbocycles. The molecular weight excluding hydrogens is 218 g/mol. The van der Waals surface area contributed by atoms with Crippen molar-refractivity contribution in [3.63, 3.8) is 0 Å². The van der Waals surface area contributed by atoms with Crippen molar-refractivity contribution in [3.05, 3.63) is 0 Å². The van der Waals surface area contributed by atoms with Crippen LogP contribution in [-0.4, -0.2) is 15.5 Å². The van der Waals surface area contributed by atoms with Gasteiger partial charge < -0.3 is 5.11 Å². The molecule has 1 aliphatic rings. The monoisotopic (exact) mass is 228 g/mol. The number of hydrogen-bond acceptors (Lipinski definition) is 1. The first kappa shape index (κ1) is 9.39. The van der Waals surface area contributed by atoms with Crippen molar-refractivity contribution in [2.24, 2.45) is 5.92 Å². The van der Waals surface area contributed by atoms with Crippen LogP contribution < -0.4 is 0 Å². The summed E-state index contributed by atoms with van der Waals surface area (Å²) in [6, 6.07) is 0. The van der Waals surface area contributed by atoms with Crippen LogP contribution in [0.1, 0.15) is 26.2 Å². The Kier molecular flexibility index (Phi) is 2.27. The molecule has 0 saturated heterocycles. The van der Waals surface area contributed by atoms with E-state index in [1.807, 2.05) is 0 Å². The van der Waals surface area contributed by atoms with Gasteiger partial charge in [0.25, 0.3) is 0 Å². The van der Waals surface area contributed by atoms with E-state index in [-0.39, 0.29) is 12.3 Å². The molecule has 0 radical (unpaired) electrons. The number of rotatable bonds is 3. The van der Waals surface area contributed by atoms with E-state index in [1.54, 1.807) is 6.92 Å². The molecule has 1 fully saturated rings. The smallest absolute Gasteiger partial charge is 0.329 e. The molecular formula is C7H11BrF2O. The summed E-state index contributed by atoms with van der Waals surface area (Å²) in [7, 11) is 0. The minimum absolute atomic E-state index is 0.0932. The van der Waals surface area contributed by atoms with E-state index in [0.717, 1.165) is 0 Å². The summed E-state index contributed by atoms with van der Waals surface area (Å²) in [5.74, 6) is -0.220. The molecule has 1 nitrogen and oxygen atoms in total. The van der Waals surface area contributed by atoms with Gasteiger partial charge in [-0.05, 0) is 41.1 Å². The second kappa shape index (κ2) is 2.66. The zero-order chi connectivity index (χ0) is 8.70. The Balaban J connectivity index is 2.73. The summed E-state index contributed by atoms with van der Waals surface area (Å²) in [4.78, 5) is -3.14. The van der Waals surface area contributed by atoms with Gasteiger partial charge in [0.15, 0.2) is 0 Å². The Morgan fingerprint density at radius 3 is 2.09 bits per heavy atom. The average molecular weight is 229 g/mol. The Morgan fingerprint density at radius 2 is 2.00 bits per heavy atom. The van der Waals surface area contributed by atoms with Gasteiger partial charge in [-0.2, -0.15) is 8.78 Å². The van der Waals surface area contributed by atoms with Gasteiger partial charge in [-0.3, -0.25) is 0 Å². The van der Waals surface area contributed by atoms with Gasteiger partial charge in [-0.15, -0.1) is 0 Å². The van der Waals surface area contributed by atoms with Gasteiger partial charge in [0.2, 0.25) is 0 Å². The second-order valence-corrected chi connectivity index (χ2v) is 4.05. The SMILES string of the molecule is CCC(O)(C1CC1)C(F)(F)Br. The van der Waals surface area contributed by atoms with E-state index in [1.165, 1.54) is 0 Å². The van der Waals surface area contributed by atoms with E-state index in [0.29, 0.717) is 12.8 Å². The van der Waals surface area contributed by atoms with Crippen molar-refractivity contribution in [2.45, 2.75) is 36.6 Å². The van der Waals surface area contributed by atoms with Crippen LogP contribution >= 0.6 is 15.9 Å². The molecule has 66 valence electrons. The highest BCUT2D eigenvalue weighted by Crippen LogP contribution is 2.51. The number of halogens is 3. The summed E-state index contributed by atoms with van der Waals surface area (Å²) < 4.78 is 25.5. The van der Waals surface area contributed by atoms with Crippen LogP contribution in [0.25, 0.3) is 0 Å². The van der Waals surface area contributed by atoms with Gasteiger partial charge in [0, 0.05) is 0 Å². The van der Waals surface area contributed by atoms with Crippen molar-refractivity contribution in [2.75, 3.05) is 0 Å². The van der Waals surface area contributed by atoms with E-state index in [2.05, 4.69) is 15.9 Å². The molecule has 1 N–H and O–H groups in total. The Hall–Kier alpha value is 0.300. The lowest BCUT2D eigenvalue weighted by atomic mass is 9.95. The molecule has 0 aromatic carbocycles. The van der Waals surface area contributed by atoms with Gasteiger partial charge in [-0.25, -0.2) is 0 Å². The third-order valence-electron chi connectivity index (χ3n) is 2.28. The predicted molar refractivity (Wildman–Crippen MR) is 41.8 cm³/mol. The summed E-state index contributed by atoms with van der Waals surface area (Å²) in [5.41, 5.74) is -1.83. The van der Waals surface area contributed by atoms with Crippen LogP contribution in [0.15, 0.2) is 0 Å². The fourth-order valence-electron chi connectivity index (χ4n) is 1.28. The first-order chi connectivity index (χ1) is 4.92. The zero-order valence-corrected chi connectivity index (χ0v) is 7.87. The third kappa shape index (κ3) is 1.56. The minimum atomic E-state index is -3.14. The Bertz CT molecular complexity index is 153. The van der Waals surface area contributed by atoms with Crippen molar-refractivity contribution in [1.29, 1.82) is 0 Å². The quantitative estimate of drug-likeness (QED) is 0.737. The maximum atomic E-state index is 12.7. The van der Waals surface area contributed by atoms with E-state index in [9.17, 15) is 13.9 Å². The second-order valence-electron chi connectivity index (χ2n) is 3.05. The molecule has 1 atom stereocenters. The molecule has 0 aromatic heterocycles. The fraction of sp³-hybridized carbons (Fsp3) is 1.00. The molecule has 0 heterocycles. The van der Waals surface area contributed by atoms with Crippen LogP contribution in [0.5, 0.6) is 0 Å². The molecule has 11 heavy (non-hydrogen) atoms. The maximum Gasteiger partial charge on any atom is 0.329 e. The Labute approximate surface area is 72.9 Å². The lowest BCUT2D eigenvalue weighted by molar-refractivity contribution is -0.131. The summed E-state index contributed by atoms with van der Waals surface area (Å²) in [6.45, 7) is 1.58. The van der Waals surface area contributed by atoms with Crippen LogP contribution in [0.2, 0.25) is 0 Å². The lowest BCUT2D eigenvalue weighted by Crippen LogP contribution is -2.45. The highest BCUT2D eigenvalue weighted by Gasteiger charge is 2.57. The average Bonchev–Trinajstić information content (AvgIpc) is 2.64. The first-order valence-electron chi connectivity index (χ1n) is 3.71. The van der Waals surface area contributed by atoms with Gasteiger partial charge in [0.05, 0.1) is 0 Å². The van der Waals surface area contributed by atoms with Crippen LogP contribution in [0, 0.1) is 5.92 Å². The number of hydrogen-bond donors (Lipinski definition) is 1. The number of aliphatic hydroxyl groups is 1. The molecule has 1 aliphatic carbocycles. The van der Waals surface area contributed by atoms with Crippen molar-refractivity contribution >= 4 is 15.9 Å². The molecule has 0 bridgehead atoms. The highest BCUT2D eigenvalue weighted by molar-refractivity contribution is 9.10. The van der Waals surface area contributed by atoms with Gasteiger partial charge >= 0.3 is 4.83 Å². The standard InChI is InChI=1S/C7H11BrF2O/c1-2-6(11,5-3-4-5)7(8,9)10/h5,11H,2-4H2,1H3. The van der Waals surface area contributed by atoms with Crippen LogP contribution in [0.3, 0.4) is 0 Å². The van der Waals surface area contributed by atoms with Gasteiger partial charge in [0.1, 0.15) is 5.60 Å². The molecule has 0 aromatic rings. The summed E-state index contributed by atoms with van der Waals surface area (Å²) in [5, 5.41) is 9.50.